The van der Waals surface area contributed by atoms with Gasteiger partial charge in [-0.2, -0.15) is 0 Å². The molecule has 8 heteroatoms. The Kier molecular flexibility index (Phi) is 4.81. The smallest absolute Gasteiger partial charge is 0.308 e. The van der Waals surface area contributed by atoms with Crippen LogP contribution in [0.4, 0.5) is 0 Å². The third-order valence-corrected chi connectivity index (χ3v) is 8.02. The molecule has 1 atom stereocenters. The van der Waals surface area contributed by atoms with E-state index in [1.807, 2.05) is 0 Å². The Morgan fingerprint density at radius 2 is 1.76 bits per heavy atom. The van der Waals surface area contributed by atoms with Crippen molar-refractivity contribution in [3.63, 3.8) is 0 Å². The fourth-order valence-corrected chi connectivity index (χ4v) is 6.07. The molecule has 25 heavy (non-hydrogen) atoms. The van der Waals surface area contributed by atoms with Crippen molar-refractivity contribution in [3.05, 3.63) is 29.3 Å². The highest BCUT2D eigenvalue weighted by Crippen LogP contribution is 2.42. The van der Waals surface area contributed by atoms with Gasteiger partial charge in [-0.15, -0.1) is 0 Å². The molecule has 6 nitrogen and oxygen atoms in total. The number of halogens is 1. The molecule has 2 fully saturated rings. The van der Waals surface area contributed by atoms with Gasteiger partial charge in [0.25, 0.3) is 0 Å². The highest BCUT2D eigenvalue weighted by molar-refractivity contribution is 7.93. The summed E-state index contributed by atoms with van der Waals surface area (Å²) < 4.78 is 25.1. The number of carbonyl (C=O) groups excluding carboxylic acids is 1. The maximum absolute atomic E-state index is 13.3. The zero-order valence-corrected chi connectivity index (χ0v) is 15.2. The first-order valence-electron chi connectivity index (χ1n) is 8.30. The first kappa shape index (κ1) is 18.2. The summed E-state index contributed by atoms with van der Waals surface area (Å²) >= 11 is 5.84. The third-order valence-electron chi connectivity index (χ3n) is 5.26. The van der Waals surface area contributed by atoms with Crippen LogP contribution in [0.1, 0.15) is 32.1 Å². The largest absolute Gasteiger partial charge is 0.481 e. The topological polar surface area (TPSA) is 91.8 Å². The monoisotopic (exact) mass is 385 g/mol. The number of carbonyl (C=O) groups is 2. The van der Waals surface area contributed by atoms with Crippen molar-refractivity contribution in [2.45, 2.75) is 41.7 Å². The number of carboxylic acids is 1. The van der Waals surface area contributed by atoms with Crippen molar-refractivity contribution in [1.82, 2.24) is 4.90 Å². The number of hydrogen-bond donors (Lipinski definition) is 1. The van der Waals surface area contributed by atoms with E-state index in [1.54, 1.807) is 0 Å². The van der Waals surface area contributed by atoms with Crippen LogP contribution in [0.25, 0.3) is 0 Å². The molecule has 136 valence electrons. The van der Waals surface area contributed by atoms with Crippen LogP contribution in [-0.4, -0.2) is 48.1 Å². The fraction of sp³-hybridized carbons (Fsp3) is 0.529. The standard InChI is InChI=1S/C17H20ClNO5S/c18-13-3-5-14(6-4-13)25(23,24)17(8-1-2-9-17)16(22)19-10-7-12(11-19)15(20)21/h3-6,12H,1-2,7-11H2,(H,20,21). The zero-order valence-electron chi connectivity index (χ0n) is 13.7. The molecule has 1 saturated heterocycles. The summed E-state index contributed by atoms with van der Waals surface area (Å²) in [7, 11) is -3.89. The van der Waals surface area contributed by atoms with E-state index in [2.05, 4.69) is 0 Å². The van der Waals surface area contributed by atoms with Gasteiger partial charge >= 0.3 is 5.97 Å². The zero-order chi connectivity index (χ0) is 18.2. The average molecular weight is 386 g/mol. The molecule has 1 unspecified atom stereocenters. The number of likely N-dealkylation sites (tertiary alicyclic amines) is 1. The quantitative estimate of drug-likeness (QED) is 0.858. The Morgan fingerprint density at radius 3 is 2.28 bits per heavy atom. The first-order chi connectivity index (χ1) is 11.8. The molecule has 1 N–H and O–H groups in total. The number of nitrogens with zero attached hydrogens (tertiary/aromatic N) is 1. The second-order valence-electron chi connectivity index (χ2n) is 6.73. The van der Waals surface area contributed by atoms with Gasteiger partial charge in [-0.1, -0.05) is 24.4 Å². The van der Waals surface area contributed by atoms with Gasteiger partial charge in [0.2, 0.25) is 5.91 Å². The molecule has 1 aliphatic carbocycles. The highest BCUT2D eigenvalue weighted by Gasteiger charge is 2.55. The lowest BCUT2D eigenvalue weighted by Crippen LogP contribution is -2.51. The normalized spacial score (nSPS) is 22.9. The molecule has 2 aliphatic rings. The molecule has 3 rings (SSSR count). The molecule has 0 radical (unpaired) electrons. The van der Waals surface area contributed by atoms with Crippen LogP contribution >= 0.6 is 11.6 Å². The van der Waals surface area contributed by atoms with E-state index < -0.39 is 32.4 Å². The molecule has 1 aromatic carbocycles. The number of sulfone groups is 1. The van der Waals surface area contributed by atoms with Gasteiger partial charge in [0.15, 0.2) is 14.6 Å². The van der Waals surface area contributed by atoms with Crippen LogP contribution in [0.3, 0.4) is 0 Å². The van der Waals surface area contributed by atoms with Gasteiger partial charge in [-0.25, -0.2) is 8.42 Å². The Bertz CT molecular complexity index is 784. The minimum atomic E-state index is -3.89. The lowest BCUT2D eigenvalue weighted by Gasteiger charge is -2.32. The summed E-state index contributed by atoms with van der Waals surface area (Å²) in [5.41, 5.74) is 0. The molecule has 1 amide bonds. The SMILES string of the molecule is O=C(O)C1CCN(C(=O)C2(S(=O)(=O)c3ccc(Cl)cc3)CCCC2)C1. The Balaban J connectivity index is 1.95. The van der Waals surface area contributed by atoms with Crippen molar-refractivity contribution in [1.29, 1.82) is 0 Å². The minimum absolute atomic E-state index is 0.0755. The van der Waals surface area contributed by atoms with Gasteiger partial charge in [0, 0.05) is 18.1 Å². The molecule has 1 heterocycles. The molecule has 1 saturated carbocycles. The lowest BCUT2D eigenvalue weighted by atomic mass is 10.1. The average Bonchev–Trinajstić information content (AvgIpc) is 3.25. The van der Waals surface area contributed by atoms with Crippen LogP contribution in [0.15, 0.2) is 29.2 Å². The second kappa shape index (κ2) is 6.61. The van der Waals surface area contributed by atoms with Crippen LogP contribution in [-0.2, 0) is 19.4 Å². The van der Waals surface area contributed by atoms with Gasteiger partial charge in [-0.3, -0.25) is 9.59 Å². The Labute approximate surface area is 151 Å². The Morgan fingerprint density at radius 1 is 1.16 bits per heavy atom. The predicted octanol–water partition coefficient (Wildman–Crippen LogP) is 2.36. The maximum atomic E-state index is 13.3. The third kappa shape index (κ3) is 3.04. The van der Waals surface area contributed by atoms with E-state index in [4.69, 9.17) is 16.7 Å². The summed E-state index contributed by atoms with van der Waals surface area (Å²) in [6, 6.07) is 5.85. The number of rotatable bonds is 4. The van der Waals surface area contributed by atoms with Crippen LogP contribution in [0.2, 0.25) is 5.02 Å². The van der Waals surface area contributed by atoms with Gasteiger partial charge < -0.3 is 10.0 Å². The summed E-state index contributed by atoms with van der Waals surface area (Å²) in [6.45, 7) is 0.361. The molecule has 0 spiro atoms. The van der Waals surface area contributed by atoms with Crippen molar-refractivity contribution in [2.24, 2.45) is 5.92 Å². The summed E-state index contributed by atoms with van der Waals surface area (Å²) in [4.78, 5) is 25.8. The van der Waals surface area contributed by atoms with Crippen molar-refractivity contribution < 1.29 is 23.1 Å². The van der Waals surface area contributed by atoms with Gasteiger partial charge in [0.1, 0.15) is 0 Å². The molecule has 0 bridgehead atoms. The van der Waals surface area contributed by atoms with Crippen molar-refractivity contribution in [2.75, 3.05) is 13.1 Å². The van der Waals surface area contributed by atoms with Gasteiger partial charge in [-0.05, 0) is 43.5 Å². The van der Waals surface area contributed by atoms with Crippen molar-refractivity contribution >= 4 is 33.3 Å². The maximum Gasteiger partial charge on any atom is 0.308 e. The number of aliphatic carboxylic acids is 1. The van der Waals surface area contributed by atoms with E-state index in [9.17, 15) is 18.0 Å². The fourth-order valence-electron chi connectivity index (χ4n) is 3.82. The van der Waals surface area contributed by atoms with E-state index >= 15 is 0 Å². The van der Waals surface area contributed by atoms with Crippen molar-refractivity contribution in [3.8, 4) is 0 Å². The van der Waals surface area contributed by atoms with E-state index in [-0.39, 0.29) is 30.8 Å². The van der Waals surface area contributed by atoms with Crippen LogP contribution < -0.4 is 0 Å². The van der Waals surface area contributed by atoms with E-state index in [0.29, 0.717) is 24.3 Å². The van der Waals surface area contributed by atoms with E-state index in [1.165, 1.54) is 29.2 Å². The van der Waals surface area contributed by atoms with Crippen LogP contribution in [0, 0.1) is 5.92 Å². The first-order valence-corrected chi connectivity index (χ1v) is 10.2. The summed E-state index contributed by atoms with van der Waals surface area (Å²) in [5, 5.41) is 9.56. The number of amides is 1. The summed E-state index contributed by atoms with van der Waals surface area (Å²) in [6.07, 6.45) is 2.22. The van der Waals surface area contributed by atoms with Gasteiger partial charge in [0.05, 0.1) is 10.8 Å². The second-order valence-corrected chi connectivity index (χ2v) is 9.43. The molecular formula is C17H20ClNO5S. The molecule has 0 aromatic heterocycles. The number of carboxylic acid groups (broad SMARTS) is 1. The van der Waals surface area contributed by atoms with Crippen LogP contribution in [0.5, 0.6) is 0 Å². The lowest BCUT2D eigenvalue weighted by molar-refractivity contribution is -0.141. The molecular weight excluding hydrogens is 366 g/mol. The summed E-state index contributed by atoms with van der Waals surface area (Å²) in [5.74, 6) is -2.03. The van der Waals surface area contributed by atoms with E-state index in [0.717, 1.165) is 0 Å². The number of benzene rings is 1. The molecule has 1 aromatic rings. The minimum Gasteiger partial charge on any atom is -0.481 e. The Hall–Kier alpha value is -1.60. The number of hydrogen-bond acceptors (Lipinski definition) is 4. The molecule has 1 aliphatic heterocycles. The predicted molar refractivity (Wildman–Crippen MR) is 92.2 cm³/mol. The highest BCUT2D eigenvalue weighted by atomic mass is 35.5.